The topological polar surface area (TPSA) is 70.8 Å². The lowest BCUT2D eigenvalue weighted by molar-refractivity contribution is 0.101. The zero-order valence-electron chi connectivity index (χ0n) is 11.9. The SMILES string of the molecule is CC(=O)c1cc2ccc(O)c(CN3CCCC3)c2oc1=O. The van der Waals surface area contributed by atoms with Gasteiger partial charge in [0, 0.05) is 11.9 Å². The molecule has 1 aromatic carbocycles. The van der Waals surface area contributed by atoms with Crippen molar-refractivity contribution in [2.24, 2.45) is 0 Å². The number of carbonyl (C=O) groups excluding carboxylic acids is 1. The first kappa shape index (κ1) is 13.8. The molecule has 5 heteroatoms. The molecule has 0 spiro atoms. The van der Waals surface area contributed by atoms with E-state index in [1.54, 1.807) is 12.1 Å². The Morgan fingerprint density at radius 3 is 2.71 bits per heavy atom. The number of hydrogen-bond acceptors (Lipinski definition) is 5. The Morgan fingerprint density at radius 1 is 1.33 bits per heavy atom. The molecule has 2 heterocycles. The molecule has 1 saturated heterocycles. The average Bonchev–Trinajstić information content (AvgIpc) is 2.94. The first-order valence-corrected chi connectivity index (χ1v) is 7.08. The van der Waals surface area contributed by atoms with Crippen LogP contribution in [0.15, 0.2) is 27.4 Å². The van der Waals surface area contributed by atoms with Gasteiger partial charge in [-0.15, -0.1) is 0 Å². The van der Waals surface area contributed by atoms with E-state index in [0.29, 0.717) is 23.1 Å². The molecule has 3 rings (SSSR count). The van der Waals surface area contributed by atoms with Gasteiger partial charge in [0.2, 0.25) is 0 Å². The molecule has 0 amide bonds. The maximum Gasteiger partial charge on any atom is 0.347 e. The summed E-state index contributed by atoms with van der Waals surface area (Å²) in [6, 6.07) is 4.78. The molecular weight excluding hydrogens is 270 g/mol. The molecule has 0 atom stereocenters. The third-order valence-electron chi connectivity index (χ3n) is 3.94. The fourth-order valence-electron chi connectivity index (χ4n) is 2.79. The Morgan fingerprint density at radius 2 is 2.05 bits per heavy atom. The van der Waals surface area contributed by atoms with Gasteiger partial charge in [-0.2, -0.15) is 0 Å². The van der Waals surface area contributed by atoms with Gasteiger partial charge in [-0.3, -0.25) is 9.69 Å². The van der Waals surface area contributed by atoms with E-state index in [2.05, 4.69) is 4.90 Å². The van der Waals surface area contributed by atoms with E-state index in [9.17, 15) is 14.7 Å². The van der Waals surface area contributed by atoms with Crippen LogP contribution in [0.1, 0.15) is 35.7 Å². The number of hydrogen-bond donors (Lipinski definition) is 1. The van der Waals surface area contributed by atoms with Crippen LogP contribution in [-0.4, -0.2) is 28.9 Å². The summed E-state index contributed by atoms with van der Waals surface area (Å²) in [7, 11) is 0. The largest absolute Gasteiger partial charge is 0.507 e. The van der Waals surface area contributed by atoms with E-state index < -0.39 is 5.63 Å². The van der Waals surface area contributed by atoms with Crippen molar-refractivity contribution in [1.29, 1.82) is 0 Å². The molecule has 1 aliphatic heterocycles. The Balaban J connectivity index is 2.13. The fraction of sp³-hybridized carbons (Fsp3) is 0.375. The number of benzene rings is 1. The summed E-state index contributed by atoms with van der Waals surface area (Å²) in [6.07, 6.45) is 2.29. The molecule has 1 aliphatic rings. The number of rotatable bonds is 3. The highest BCUT2D eigenvalue weighted by Crippen LogP contribution is 2.29. The van der Waals surface area contributed by atoms with Crippen molar-refractivity contribution in [1.82, 2.24) is 4.90 Å². The van der Waals surface area contributed by atoms with E-state index in [1.165, 1.54) is 13.0 Å². The number of phenolic OH excluding ortho intramolecular Hbond substituents is 1. The molecule has 2 aromatic rings. The molecule has 110 valence electrons. The molecule has 1 aromatic heterocycles. The molecule has 0 aliphatic carbocycles. The second-order valence-electron chi connectivity index (χ2n) is 5.47. The quantitative estimate of drug-likeness (QED) is 0.693. The highest BCUT2D eigenvalue weighted by Gasteiger charge is 2.19. The average molecular weight is 287 g/mol. The lowest BCUT2D eigenvalue weighted by Crippen LogP contribution is -2.19. The van der Waals surface area contributed by atoms with Crippen molar-refractivity contribution in [3.05, 3.63) is 39.7 Å². The van der Waals surface area contributed by atoms with Crippen LogP contribution in [0.2, 0.25) is 0 Å². The van der Waals surface area contributed by atoms with Crippen LogP contribution in [0, 0.1) is 0 Å². The van der Waals surface area contributed by atoms with E-state index in [-0.39, 0.29) is 17.1 Å². The Labute approximate surface area is 121 Å². The normalized spacial score (nSPS) is 15.7. The van der Waals surface area contributed by atoms with Gasteiger partial charge in [0.1, 0.15) is 16.9 Å². The third-order valence-corrected chi connectivity index (χ3v) is 3.94. The summed E-state index contributed by atoms with van der Waals surface area (Å²) in [5.74, 6) is -0.201. The van der Waals surface area contributed by atoms with E-state index in [4.69, 9.17) is 4.42 Å². The maximum atomic E-state index is 11.9. The summed E-state index contributed by atoms with van der Waals surface area (Å²) < 4.78 is 5.31. The Kier molecular flexibility index (Phi) is 3.51. The summed E-state index contributed by atoms with van der Waals surface area (Å²) in [6.45, 7) is 3.84. The van der Waals surface area contributed by atoms with Crippen molar-refractivity contribution in [2.75, 3.05) is 13.1 Å². The van der Waals surface area contributed by atoms with Crippen LogP contribution >= 0.6 is 0 Å². The minimum Gasteiger partial charge on any atom is -0.507 e. The van der Waals surface area contributed by atoms with E-state index >= 15 is 0 Å². The number of ketones is 1. The van der Waals surface area contributed by atoms with Crippen LogP contribution in [-0.2, 0) is 6.54 Å². The standard InChI is InChI=1S/C16H17NO4/c1-10(18)12-8-11-4-5-14(19)13(15(11)21-16(12)20)9-17-6-2-3-7-17/h4-5,8,19H,2-3,6-7,9H2,1H3. The predicted octanol–water partition coefficient (Wildman–Crippen LogP) is 2.30. The van der Waals surface area contributed by atoms with Gasteiger partial charge in [-0.1, -0.05) is 0 Å². The van der Waals surface area contributed by atoms with E-state index in [1.807, 2.05) is 0 Å². The minimum absolute atomic E-state index is 0.0420. The first-order valence-electron chi connectivity index (χ1n) is 7.08. The predicted molar refractivity (Wildman–Crippen MR) is 78.7 cm³/mol. The molecule has 1 N–H and O–H groups in total. The van der Waals surface area contributed by atoms with Gasteiger partial charge in [0.25, 0.3) is 0 Å². The second-order valence-corrected chi connectivity index (χ2v) is 5.47. The summed E-state index contributed by atoms with van der Waals surface area (Å²) in [5.41, 5.74) is 0.377. The fourth-order valence-corrected chi connectivity index (χ4v) is 2.79. The lowest BCUT2D eigenvalue weighted by atomic mass is 10.1. The van der Waals surface area contributed by atoms with Crippen molar-refractivity contribution in [3.8, 4) is 5.75 Å². The molecule has 1 fully saturated rings. The number of likely N-dealkylation sites (tertiary alicyclic amines) is 1. The Hall–Kier alpha value is -2.14. The van der Waals surface area contributed by atoms with Crippen LogP contribution in [0.4, 0.5) is 0 Å². The number of aromatic hydroxyl groups is 1. The summed E-state index contributed by atoms with van der Waals surface area (Å²) in [4.78, 5) is 25.5. The molecule has 0 saturated carbocycles. The smallest absolute Gasteiger partial charge is 0.347 e. The molecular formula is C16H17NO4. The van der Waals surface area contributed by atoms with Gasteiger partial charge in [0.15, 0.2) is 5.78 Å². The van der Waals surface area contributed by atoms with Crippen LogP contribution in [0.3, 0.4) is 0 Å². The monoisotopic (exact) mass is 287 g/mol. The number of carbonyl (C=O) groups is 1. The van der Waals surface area contributed by atoms with Gasteiger partial charge in [-0.25, -0.2) is 4.79 Å². The van der Waals surface area contributed by atoms with Crippen LogP contribution in [0.5, 0.6) is 5.75 Å². The molecule has 21 heavy (non-hydrogen) atoms. The molecule has 0 unspecified atom stereocenters. The summed E-state index contributed by atoms with van der Waals surface area (Å²) >= 11 is 0. The number of fused-ring (bicyclic) bond motifs is 1. The molecule has 0 radical (unpaired) electrons. The van der Waals surface area contributed by atoms with E-state index in [0.717, 1.165) is 25.9 Å². The summed E-state index contributed by atoms with van der Waals surface area (Å²) in [5, 5.41) is 10.7. The van der Waals surface area contributed by atoms with Gasteiger partial charge in [0.05, 0.1) is 5.56 Å². The zero-order chi connectivity index (χ0) is 15.0. The molecule has 5 nitrogen and oxygen atoms in total. The second kappa shape index (κ2) is 5.33. The van der Waals surface area contributed by atoms with Crippen molar-refractivity contribution < 1.29 is 14.3 Å². The van der Waals surface area contributed by atoms with Gasteiger partial charge in [-0.05, 0) is 51.1 Å². The number of Topliss-reactive ketones (excluding diaryl/α,β-unsaturated/α-hetero) is 1. The highest BCUT2D eigenvalue weighted by molar-refractivity contribution is 5.97. The van der Waals surface area contributed by atoms with Gasteiger partial charge >= 0.3 is 5.63 Å². The zero-order valence-corrected chi connectivity index (χ0v) is 11.9. The third kappa shape index (κ3) is 2.56. The number of nitrogens with zero attached hydrogens (tertiary/aromatic N) is 1. The van der Waals surface area contributed by atoms with Crippen molar-refractivity contribution >= 4 is 16.8 Å². The lowest BCUT2D eigenvalue weighted by Gasteiger charge is -2.16. The Bertz CT molecular complexity index is 757. The highest BCUT2D eigenvalue weighted by atomic mass is 16.4. The maximum absolute atomic E-state index is 11.9. The van der Waals surface area contributed by atoms with Crippen molar-refractivity contribution in [2.45, 2.75) is 26.3 Å². The number of phenols is 1. The van der Waals surface area contributed by atoms with Crippen LogP contribution < -0.4 is 5.63 Å². The van der Waals surface area contributed by atoms with Crippen molar-refractivity contribution in [3.63, 3.8) is 0 Å². The van der Waals surface area contributed by atoms with Crippen LogP contribution in [0.25, 0.3) is 11.0 Å². The molecule has 0 bridgehead atoms. The van der Waals surface area contributed by atoms with Gasteiger partial charge < -0.3 is 9.52 Å². The first-order chi connectivity index (χ1) is 10.1. The minimum atomic E-state index is -0.650.